The second kappa shape index (κ2) is 50.1. The quantitative estimate of drug-likeness (QED) is 0.105. The summed E-state index contributed by atoms with van der Waals surface area (Å²) in [5, 5.41) is 44.5. The molecule has 0 bridgehead atoms. The standard InChI is InChI=1S/4C9H12O.4C4H10O2.2Sr/c4*1-6-4-7(2)9(10)8(3)5-6;4*1-5-3-4-6-2;;/h4*4-5,10H,1-3H3;4*3-4H2,1-2H3;;/q;;;;;;;;2*+2/p-4. The number of hydrogen-bond acceptors (Lipinski definition) is 12. The van der Waals surface area contributed by atoms with Crippen LogP contribution in [-0.2, 0) is 37.9 Å². The minimum Gasteiger partial charge on any atom is -0.872 e. The van der Waals surface area contributed by atoms with Gasteiger partial charge in [-0.25, -0.2) is 0 Å². The Morgan fingerprint density at radius 1 is 0.242 bits per heavy atom. The van der Waals surface area contributed by atoms with Gasteiger partial charge in [0, 0.05) is 56.9 Å². The van der Waals surface area contributed by atoms with Crippen LogP contribution in [0, 0.1) is 83.1 Å². The molecule has 0 spiro atoms. The zero-order valence-corrected chi connectivity index (χ0v) is 51.5. The van der Waals surface area contributed by atoms with Crippen LogP contribution in [0.3, 0.4) is 0 Å². The first kappa shape index (κ1) is 76.2. The van der Waals surface area contributed by atoms with Gasteiger partial charge in [-0.05, 0) is 83.1 Å². The fourth-order valence-corrected chi connectivity index (χ4v) is 5.33. The van der Waals surface area contributed by atoms with Crippen LogP contribution in [0.15, 0.2) is 48.5 Å². The van der Waals surface area contributed by atoms with Gasteiger partial charge in [-0.15, -0.1) is 23.0 Å². The molecule has 0 heterocycles. The summed E-state index contributed by atoms with van der Waals surface area (Å²) >= 11 is 0. The normalized spacial score (nSPS) is 9.27. The Labute approximate surface area is 475 Å². The molecule has 0 radical (unpaired) electrons. The van der Waals surface area contributed by atoms with Crippen molar-refractivity contribution in [2.45, 2.75) is 83.1 Å². The van der Waals surface area contributed by atoms with Gasteiger partial charge in [0.2, 0.25) is 0 Å². The number of rotatable bonds is 12. The Balaban J connectivity index is -0.000000157. The molecule has 368 valence electrons. The minimum atomic E-state index is 0. The molecule has 4 aromatic rings. The van der Waals surface area contributed by atoms with Crippen LogP contribution in [0.4, 0.5) is 0 Å². The molecule has 0 unspecified atom stereocenters. The molecule has 0 saturated heterocycles. The minimum absolute atomic E-state index is 0. The van der Waals surface area contributed by atoms with Crippen molar-refractivity contribution >= 4 is 91.0 Å². The van der Waals surface area contributed by atoms with E-state index in [1.165, 1.54) is 0 Å². The van der Waals surface area contributed by atoms with Gasteiger partial charge in [0.1, 0.15) is 0 Å². The summed E-state index contributed by atoms with van der Waals surface area (Å²) in [4.78, 5) is 0. The van der Waals surface area contributed by atoms with Crippen molar-refractivity contribution in [2.24, 2.45) is 0 Å². The molecule has 0 aliphatic rings. The number of aryl methyl sites for hydroxylation is 12. The SMILES string of the molecule is COCCOC.COCCOC.COCCOC.COCCOC.Cc1cc(C)c([O-])c(C)c1.Cc1cc(C)c([O-])c(C)c1.Cc1cc(C)c([O-])c(C)c1.Cc1cc(C)c([O-])c(C)c1.[Sr+2].[Sr+2]. The predicted molar refractivity (Wildman–Crippen MR) is 267 cm³/mol. The van der Waals surface area contributed by atoms with Crippen LogP contribution in [-0.4, -0.2) is 201 Å². The number of hydrogen-bond donors (Lipinski definition) is 0. The molecule has 0 aliphatic heterocycles. The molecule has 0 atom stereocenters. The van der Waals surface area contributed by atoms with Crippen LogP contribution < -0.4 is 20.4 Å². The molecular weight excluding hydrogens is 992 g/mol. The van der Waals surface area contributed by atoms with E-state index in [0.717, 1.165) is 66.8 Å². The molecule has 4 aromatic carbocycles. The van der Waals surface area contributed by atoms with Gasteiger partial charge < -0.3 is 58.3 Å². The first-order valence-corrected chi connectivity index (χ1v) is 21.0. The van der Waals surface area contributed by atoms with Crippen LogP contribution >= 0.6 is 0 Å². The van der Waals surface area contributed by atoms with Crippen molar-refractivity contribution in [1.29, 1.82) is 0 Å². The second-order valence-electron chi connectivity index (χ2n) is 14.9. The average molecular weight is 1080 g/mol. The topological polar surface area (TPSA) is 166 Å². The van der Waals surface area contributed by atoms with Gasteiger partial charge in [0.25, 0.3) is 0 Å². The van der Waals surface area contributed by atoms with Crippen molar-refractivity contribution in [3.63, 3.8) is 0 Å². The maximum atomic E-state index is 11.1. The van der Waals surface area contributed by atoms with Gasteiger partial charge >= 0.3 is 91.0 Å². The van der Waals surface area contributed by atoms with E-state index in [0.29, 0.717) is 52.9 Å². The van der Waals surface area contributed by atoms with Crippen molar-refractivity contribution < 1.29 is 58.3 Å². The van der Waals surface area contributed by atoms with E-state index in [2.05, 4.69) is 37.9 Å². The van der Waals surface area contributed by atoms with Gasteiger partial charge in [-0.2, -0.15) is 0 Å². The van der Waals surface area contributed by atoms with E-state index in [4.69, 9.17) is 0 Å². The van der Waals surface area contributed by atoms with Gasteiger partial charge in [-0.1, -0.05) is 115 Å². The van der Waals surface area contributed by atoms with Gasteiger partial charge in [0.05, 0.1) is 52.9 Å². The Kier molecular flexibility index (Phi) is 57.9. The van der Waals surface area contributed by atoms with Gasteiger partial charge in [-0.3, -0.25) is 0 Å². The monoisotopic (exact) mass is 1080 g/mol. The summed E-state index contributed by atoms with van der Waals surface area (Å²) in [5.41, 5.74) is 11.4. The molecule has 0 fully saturated rings. The summed E-state index contributed by atoms with van der Waals surface area (Å²) in [6.45, 7) is 28.3. The van der Waals surface area contributed by atoms with E-state index in [9.17, 15) is 20.4 Å². The largest absolute Gasteiger partial charge is 2.00 e. The van der Waals surface area contributed by atoms with Crippen LogP contribution in [0.1, 0.15) is 66.8 Å². The molecule has 0 saturated carbocycles. The van der Waals surface area contributed by atoms with Crippen LogP contribution in [0.25, 0.3) is 0 Å². The van der Waals surface area contributed by atoms with E-state index in [1.54, 1.807) is 56.9 Å². The number of methoxy groups -OCH3 is 8. The molecular formula is C52H84O12Sr2. The van der Waals surface area contributed by atoms with Crippen LogP contribution in [0.5, 0.6) is 23.0 Å². The van der Waals surface area contributed by atoms with Crippen molar-refractivity contribution in [3.05, 3.63) is 115 Å². The maximum Gasteiger partial charge on any atom is 2.00 e. The van der Waals surface area contributed by atoms with Crippen molar-refractivity contribution in [2.75, 3.05) is 110 Å². The zero-order valence-electron chi connectivity index (χ0n) is 44.6. The van der Waals surface area contributed by atoms with E-state index in [-0.39, 0.29) is 114 Å². The fourth-order valence-electron chi connectivity index (χ4n) is 5.33. The van der Waals surface area contributed by atoms with E-state index < -0.39 is 0 Å². The summed E-state index contributed by atoms with van der Waals surface area (Å²) in [6, 6.07) is 15.3. The molecule has 0 amide bonds. The molecule has 0 aromatic heterocycles. The average Bonchev–Trinajstić information content (AvgIpc) is 3.24. The smallest absolute Gasteiger partial charge is 0.872 e. The number of benzene rings is 4. The van der Waals surface area contributed by atoms with Crippen LogP contribution in [0.2, 0.25) is 0 Å². The third-order valence-corrected chi connectivity index (χ3v) is 8.38. The Morgan fingerprint density at radius 2 is 0.333 bits per heavy atom. The van der Waals surface area contributed by atoms with Crippen molar-refractivity contribution in [1.82, 2.24) is 0 Å². The summed E-state index contributed by atoms with van der Waals surface area (Å²) < 4.78 is 37.3. The molecule has 12 nitrogen and oxygen atoms in total. The second-order valence-corrected chi connectivity index (χ2v) is 14.9. The summed E-state index contributed by atoms with van der Waals surface area (Å²) in [5.74, 6) is 0.687. The fraction of sp³-hybridized carbons (Fsp3) is 0.538. The van der Waals surface area contributed by atoms with Crippen molar-refractivity contribution in [3.8, 4) is 23.0 Å². The third-order valence-electron chi connectivity index (χ3n) is 8.38. The van der Waals surface area contributed by atoms with E-state index in [1.807, 2.05) is 132 Å². The predicted octanol–water partition coefficient (Wildman–Crippen LogP) is 7.10. The summed E-state index contributed by atoms with van der Waals surface area (Å²) in [6.07, 6.45) is 0. The Hall–Kier alpha value is -1.28. The Bertz CT molecular complexity index is 1390. The first-order chi connectivity index (χ1) is 30.1. The molecule has 14 heteroatoms. The first-order valence-electron chi connectivity index (χ1n) is 21.0. The van der Waals surface area contributed by atoms with E-state index >= 15 is 0 Å². The van der Waals surface area contributed by atoms with Gasteiger partial charge in [0.15, 0.2) is 0 Å². The molecule has 66 heavy (non-hydrogen) atoms. The maximum absolute atomic E-state index is 11.1. The zero-order chi connectivity index (χ0) is 50.2. The molecule has 0 N–H and O–H groups in total. The molecule has 4 rings (SSSR count). The molecule has 0 aliphatic carbocycles. The summed E-state index contributed by atoms with van der Waals surface area (Å²) in [7, 11) is 13.2. The Morgan fingerprint density at radius 3 is 0.409 bits per heavy atom. The third kappa shape index (κ3) is 42.8. The number of ether oxygens (including phenoxy) is 8.